The van der Waals surface area contributed by atoms with Gasteiger partial charge in [-0.1, -0.05) is 0 Å². The summed E-state index contributed by atoms with van der Waals surface area (Å²) < 4.78 is 25.8. The van der Waals surface area contributed by atoms with Crippen molar-refractivity contribution in [2.45, 2.75) is 0 Å². The first-order chi connectivity index (χ1) is 1.73. The van der Waals surface area contributed by atoms with Crippen LogP contribution in [0.3, 0.4) is 0 Å². The quantitative estimate of drug-likeness (QED) is 0.454. The van der Waals surface area contributed by atoms with Crippen LogP contribution < -0.4 is 51.4 Å². The van der Waals surface area contributed by atoms with Crippen molar-refractivity contribution in [1.29, 1.82) is 0 Å². The predicted molar refractivity (Wildman–Crippen MR) is 10.4 cm³/mol. The van der Waals surface area contributed by atoms with Gasteiger partial charge in [0.2, 0.25) is 0 Å². The van der Waals surface area contributed by atoms with E-state index in [9.17, 15) is 0 Å². The Labute approximate surface area is 90.3 Å². The molecule has 0 aromatic rings. The summed E-state index contributed by atoms with van der Waals surface area (Å²) in [4.78, 5) is 0. The average molecular weight is 311 g/mol. The molecule has 0 fully saturated rings. The van der Waals surface area contributed by atoms with Crippen molar-refractivity contribution >= 4 is 12.4 Å². The summed E-state index contributed by atoms with van der Waals surface area (Å²) in [6, 6.07) is 0. The van der Waals surface area contributed by atoms with Crippen LogP contribution in [0.5, 0.6) is 0 Å². The third-order valence-corrected chi connectivity index (χ3v) is 0. The van der Waals surface area contributed by atoms with Gasteiger partial charge in [-0.05, 0) is 0 Å². The molecule has 35 valence electrons. The van der Waals surface area contributed by atoms with Gasteiger partial charge in [-0.2, -0.15) is 0 Å². The zero-order chi connectivity index (χ0) is 3.58. The maximum absolute atomic E-state index is 8.60. The summed E-state index contributed by atoms with van der Waals surface area (Å²) in [5.74, 6) is 0. The van der Waals surface area contributed by atoms with Crippen LogP contribution in [0.2, 0.25) is 0 Å². The molecule has 0 N–H and O–H groups in total. The topological polar surface area (TPSA) is 51.2 Å². The van der Waals surface area contributed by atoms with Gasteiger partial charge in [0.25, 0.3) is 0 Å². The standard InChI is InChI=1S/ClH.K.3O.Re.H/h1H;;;;;;/q;+1;;;;;-1. The van der Waals surface area contributed by atoms with Crippen molar-refractivity contribution in [3.63, 3.8) is 0 Å². The molecule has 0 heterocycles. The van der Waals surface area contributed by atoms with E-state index in [0.29, 0.717) is 0 Å². The molecule has 0 spiro atoms. The van der Waals surface area contributed by atoms with Gasteiger partial charge in [-0.3, -0.25) is 0 Å². The summed E-state index contributed by atoms with van der Waals surface area (Å²) >= 11 is -4.21. The third-order valence-electron chi connectivity index (χ3n) is 0. The van der Waals surface area contributed by atoms with E-state index >= 15 is 0 Å². The Balaban J connectivity index is -0.0000000150. The van der Waals surface area contributed by atoms with Gasteiger partial charge >= 0.3 is 78.4 Å². The zero-order valence-corrected chi connectivity index (χ0v) is 9.67. The monoisotopic (exact) mass is 311 g/mol. The molecule has 0 saturated heterocycles. The molecule has 0 aromatic carbocycles. The fraction of sp³-hybridized carbons (Fsp3) is 0. The molecule has 0 saturated carbocycles. The fourth-order valence-corrected chi connectivity index (χ4v) is 0. The van der Waals surface area contributed by atoms with E-state index in [0.717, 1.165) is 0 Å². The fourth-order valence-electron chi connectivity index (χ4n) is 0. The molecule has 6 heavy (non-hydrogen) atoms. The minimum atomic E-state index is -4.21. The van der Waals surface area contributed by atoms with Crippen molar-refractivity contribution < 1.29 is 79.9 Å². The van der Waals surface area contributed by atoms with Gasteiger partial charge in [0.05, 0.1) is 0 Å². The molecule has 0 aromatic heterocycles. The van der Waals surface area contributed by atoms with E-state index in [1.165, 1.54) is 0 Å². The number of hydrogen-bond acceptors (Lipinski definition) is 3. The van der Waals surface area contributed by atoms with Crippen LogP contribution in [-0.4, -0.2) is 0 Å². The Morgan fingerprint density at radius 1 is 1.17 bits per heavy atom. The molecule has 0 unspecified atom stereocenters. The van der Waals surface area contributed by atoms with E-state index in [1.54, 1.807) is 0 Å². The molecular formula is H2ClKO3Re. The van der Waals surface area contributed by atoms with Crippen LogP contribution in [0.15, 0.2) is 0 Å². The van der Waals surface area contributed by atoms with Gasteiger partial charge in [0.15, 0.2) is 0 Å². The number of rotatable bonds is 0. The second-order valence-electron chi connectivity index (χ2n) is 0.189. The van der Waals surface area contributed by atoms with Gasteiger partial charge in [-0.25, -0.2) is 0 Å². The van der Waals surface area contributed by atoms with Gasteiger partial charge in [-0.15, -0.1) is 12.4 Å². The van der Waals surface area contributed by atoms with Crippen LogP contribution in [0.1, 0.15) is 1.43 Å². The van der Waals surface area contributed by atoms with E-state index < -0.39 is 16.6 Å². The number of halogens is 1. The molecule has 0 atom stereocenters. The molecule has 0 radical (unpaired) electrons. The van der Waals surface area contributed by atoms with Gasteiger partial charge in [0.1, 0.15) is 0 Å². The van der Waals surface area contributed by atoms with Crippen molar-refractivity contribution in [1.82, 2.24) is 0 Å². The Morgan fingerprint density at radius 3 is 1.17 bits per heavy atom. The first-order valence-corrected chi connectivity index (χ1v) is 3.79. The van der Waals surface area contributed by atoms with Crippen LogP contribution in [0.25, 0.3) is 0 Å². The van der Waals surface area contributed by atoms with E-state index in [-0.39, 0.29) is 65.2 Å². The van der Waals surface area contributed by atoms with Crippen LogP contribution in [-0.2, 0) is 27.0 Å². The summed E-state index contributed by atoms with van der Waals surface area (Å²) in [7, 11) is 0. The molecule has 0 bridgehead atoms. The molecule has 6 heteroatoms. The molecule has 0 aliphatic rings. The summed E-state index contributed by atoms with van der Waals surface area (Å²) in [5.41, 5.74) is 0. The van der Waals surface area contributed by atoms with Crippen molar-refractivity contribution in [3.05, 3.63) is 0 Å². The van der Waals surface area contributed by atoms with E-state index in [4.69, 9.17) is 10.4 Å². The molecule has 0 aliphatic heterocycles. The average Bonchev–Trinajstić information content (AvgIpc) is 0.811. The molecule has 3 nitrogen and oxygen atoms in total. The van der Waals surface area contributed by atoms with Crippen molar-refractivity contribution in [3.8, 4) is 0 Å². The third kappa shape index (κ3) is 37.7. The van der Waals surface area contributed by atoms with Crippen LogP contribution in [0, 0.1) is 0 Å². The van der Waals surface area contributed by atoms with Crippen molar-refractivity contribution in [2.75, 3.05) is 0 Å². The first-order valence-electron chi connectivity index (χ1n) is 0.463. The van der Waals surface area contributed by atoms with Crippen LogP contribution >= 0.6 is 12.4 Å². The van der Waals surface area contributed by atoms with E-state index in [2.05, 4.69) is 0 Å². The van der Waals surface area contributed by atoms with Gasteiger partial charge in [0, 0.05) is 0 Å². The van der Waals surface area contributed by atoms with Crippen LogP contribution in [0.4, 0.5) is 0 Å². The number of hydrogen-bond donors (Lipinski definition) is 0. The molecular weight excluding hydrogens is 309 g/mol. The van der Waals surface area contributed by atoms with Crippen molar-refractivity contribution in [2.24, 2.45) is 0 Å². The molecule has 0 rings (SSSR count). The SMILES string of the molecule is Cl.[H-].[K+].[O]=[Re](=[O])=[O]. The Hall–Kier alpha value is 1.99. The summed E-state index contributed by atoms with van der Waals surface area (Å²) in [5, 5.41) is 0. The summed E-state index contributed by atoms with van der Waals surface area (Å²) in [6.07, 6.45) is 0. The zero-order valence-electron chi connectivity index (χ0n) is 4.01. The second-order valence-corrected chi connectivity index (χ2v) is 1.55. The van der Waals surface area contributed by atoms with E-state index in [1.807, 2.05) is 0 Å². The second kappa shape index (κ2) is 10.1. The maximum atomic E-state index is 8.60. The Bertz CT molecular complexity index is 84.3. The first kappa shape index (κ1) is 15.7. The van der Waals surface area contributed by atoms with Gasteiger partial charge < -0.3 is 1.43 Å². The predicted octanol–water partition coefficient (Wildman–Crippen LogP) is -2.82. The normalized spacial score (nSPS) is 4.00. The Morgan fingerprint density at radius 2 is 1.17 bits per heavy atom. The Kier molecular flexibility index (Phi) is 26.3. The minimum absolute atomic E-state index is 0. The molecule has 0 aliphatic carbocycles. The summed E-state index contributed by atoms with van der Waals surface area (Å²) in [6.45, 7) is 0. The molecule has 0 amide bonds.